The van der Waals surface area contributed by atoms with Crippen molar-refractivity contribution in [3.8, 4) is 11.5 Å². The van der Waals surface area contributed by atoms with Gasteiger partial charge in [0.05, 0.1) is 6.20 Å². The van der Waals surface area contributed by atoms with Crippen molar-refractivity contribution in [2.75, 3.05) is 13.1 Å². The summed E-state index contributed by atoms with van der Waals surface area (Å²) in [6, 6.07) is 0. The van der Waals surface area contributed by atoms with Gasteiger partial charge in [-0.25, -0.2) is 13.4 Å². The monoisotopic (exact) mass is 404 g/mol. The fourth-order valence-electron chi connectivity index (χ4n) is 3.49. The standard InChI is InChI=1S/C17H20N6O4S/c1-11-16(12(2)26-21-11)28(24,25)23-7-3-4-13(10-23)8-15-20-17(22-27-15)14-9-18-5-6-19-14/h5-6,9,13H,3-4,7-8,10H2,1-2H3. The molecule has 0 N–H and O–H groups in total. The van der Waals surface area contributed by atoms with E-state index in [-0.39, 0.29) is 10.8 Å². The Bertz CT molecular complexity index is 1040. The highest BCUT2D eigenvalue weighted by molar-refractivity contribution is 7.89. The molecule has 0 saturated carbocycles. The first-order valence-corrected chi connectivity index (χ1v) is 10.4. The molecule has 3 aromatic heterocycles. The lowest BCUT2D eigenvalue weighted by molar-refractivity contribution is 0.246. The van der Waals surface area contributed by atoms with Crippen LogP contribution in [0.25, 0.3) is 11.5 Å². The molecule has 3 aromatic rings. The fraction of sp³-hybridized carbons (Fsp3) is 0.471. The van der Waals surface area contributed by atoms with E-state index in [2.05, 4.69) is 25.3 Å². The fourth-order valence-corrected chi connectivity index (χ4v) is 5.33. The van der Waals surface area contributed by atoms with E-state index in [4.69, 9.17) is 9.05 Å². The number of rotatable bonds is 5. The van der Waals surface area contributed by atoms with Crippen LogP contribution in [0.4, 0.5) is 0 Å². The van der Waals surface area contributed by atoms with Gasteiger partial charge in [0.2, 0.25) is 21.7 Å². The SMILES string of the molecule is Cc1noc(C)c1S(=O)(=O)N1CCCC(Cc2nc(-c3cnccn3)no2)C1. The van der Waals surface area contributed by atoms with Crippen LogP contribution in [0.5, 0.6) is 0 Å². The Balaban J connectivity index is 1.48. The van der Waals surface area contributed by atoms with E-state index in [0.717, 1.165) is 12.8 Å². The zero-order chi connectivity index (χ0) is 19.7. The highest BCUT2D eigenvalue weighted by Gasteiger charge is 2.35. The van der Waals surface area contributed by atoms with Crippen molar-refractivity contribution in [1.29, 1.82) is 0 Å². The molecule has 4 rings (SSSR count). The molecule has 1 atom stereocenters. The predicted octanol–water partition coefficient (Wildman–Crippen LogP) is 1.77. The van der Waals surface area contributed by atoms with Crippen molar-refractivity contribution < 1.29 is 17.5 Å². The average Bonchev–Trinajstić information content (AvgIpc) is 3.29. The Hall–Kier alpha value is -2.66. The first-order chi connectivity index (χ1) is 13.4. The van der Waals surface area contributed by atoms with Gasteiger partial charge >= 0.3 is 0 Å². The van der Waals surface area contributed by atoms with Crippen LogP contribution in [0.3, 0.4) is 0 Å². The van der Waals surface area contributed by atoms with Crippen molar-refractivity contribution in [2.24, 2.45) is 5.92 Å². The molecule has 11 heteroatoms. The van der Waals surface area contributed by atoms with E-state index in [1.54, 1.807) is 32.4 Å². The zero-order valence-corrected chi connectivity index (χ0v) is 16.4. The molecule has 28 heavy (non-hydrogen) atoms. The minimum Gasteiger partial charge on any atom is -0.360 e. The second-order valence-corrected chi connectivity index (χ2v) is 8.71. The molecular formula is C17H20N6O4S. The predicted molar refractivity (Wildman–Crippen MR) is 96.5 cm³/mol. The largest absolute Gasteiger partial charge is 0.360 e. The zero-order valence-electron chi connectivity index (χ0n) is 15.6. The Kier molecular flexibility index (Phi) is 4.94. The summed E-state index contributed by atoms with van der Waals surface area (Å²) in [5.74, 6) is 1.23. The normalized spacial score (nSPS) is 18.4. The minimum atomic E-state index is -3.65. The molecule has 1 unspecified atom stereocenters. The average molecular weight is 404 g/mol. The van der Waals surface area contributed by atoms with E-state index in [9.17, 15) is 8.42 Å². The van der Waals surface area contributed by atoms with Crippen molar-refractivity contribution in [3.63, 3.8) is 0 Å². The third kappa shape index (κ3) is 3.54. The van der Waals surface area contributed by atoms with Gasteiger partial charge in [-0.1, -0.05) is 10.3 Å². The van der Waals surface area contributed by atoms with Crippen LogP contribution in [0.1, 0.15) is 30.2 Å². The third-order valence-electron chi connectivity index (χ3n) is 4.77. The molecule has 1 aliphatic heterocycles. The Morgan fingerprint density at radius 1 is 1.21 bits per heavy atom. The van der Waals surface area contributed by atoms with Gasteiger partial charge in [-0.2, -0.15) is 9.29 Å². The van der Waals surface area contributed by atoms with Gasteiger partial charge in [0.15, 0.2) is 5.76 Å². The van der Waals surface area contributed by atoms with Gasteiger partial charge in [0.1, 0.15) is 16.3 Å². The molecule has 4 heterocycles. The van der Waals surface area contributed by atoms with Crippen LogP contribution < -0.4 is 0 Å². The van der Waals surface area contributed by atoms with Gasteiger partial charge in [0.25, 0.3) is 0 Å². The highest BCUT2D eigenvalue weighted by Crippen LogP contribution is 2.29. The van der Waals surface area contributed by atoms with Gasteiger partial charge in [-0.05, 0) is 32.6 Å². The molecule has 148 valence electrons. The van der Waals surface area contributed by atoms with E-state index in [1.165, 1.54) is 4.31 Å². The number of nitrogens with zero attached hydrogens (tertiary/aromatic N) is 6. The minimum absolute atomic E-state index is 0.0826. The van der Waals surface area contributed by atoms with E-state index in [0.29, 0.717) is 48.4 Å². The number of piperidine rings is 1. The van der Waals surface area contributed by atoms with Crippen LogP contribution in [0.2, 0.25) is 0 Å². The molecule has 1 fully saturated rings. The molecule has 1 aliphatic rings. The number of aromatic nitrogens is 5. The van der Waals surface area contributed by atoms with Gasteiger partial charge < -0.3 is 9.05 Å². The number of hydrogen-bond acceptors (Lipinski definition) is 9. The van der Waals surface area contributed by atoms with Crippen LogP contribution in [0, 0.1) is 19.8 Å². The summed E-state index contributed by atoms with van der Waals surface area (Å²) < 4.78 is 37.9. The summed E-state index contributed by atoms with van der Waals surface area (Å²) in [5.41, 5.74) is 0.911. The smallest absolute Gasteiger partial charge is 0.248 e. The van der Waals surface area contributed by atoms with E-state index in [1.807, 2.05) is 0 Å². The summed E-state index contributed by atoms with van der Waals surface area (Å²) in [6.07, 6.45) is 6.84. The molecule has 0 spiro atoms. The molecule has 0 amide bonds. The Morgan fingerprint density at radius 2 is 2.07 bits per heavy atom. The van der Waals surface area contributed by atoms with Crippen molar-refractivity contribution >= 4 is 10.0 Å². The summed E-state index contributed by atoms with van der Waals surface area (Å²) in [4.78, 5) is 12.7. The molecule has 0 aliphatic carbocycles. The highest BCUT2D eigenvalue weighted by atomic mass is 32.2. The molecule has 0 aromatic carbocycles. The summed E-state index contributed by atoms with van der Waals surface area (Å²) in [7, 11) is -3.65. The summed E-state index contributed by atoms with van der Waals surface area (Å²) in [5, 5.41) is 7.71. The van der Waals surface area contributed by atoms with Gasteiger partial charge in [0, 0.05) is 31.9 Å². The molecular weight excluding hydrogens is 384 g/mol. The lowest BCUT2D eigenvalue weighted by Gasteiger charge is -2.31. The summed E-state index contributed by atoms with van der Waals surface area (Å²) >= 11 is 0. The van der Waals surface area contributed by atoms with Crippen molar-refractivity contribution in [1.82, 2.24) is 29.6 Å². The van der Waals surface area contributed by atoms with Gasteiger partial charge in [-0.15, -0.1) is 0 Å². The lowest BCUT2D eigenvalue weighted by Crippen LogP contribution is -2.40. The van der Waals surface area contributed by atoms with Crippen molar-refractivity contribution in [2.45, 2.75) is 38.0 Å². The molecule has 1 saturated heterocycles. The maximum Gasteiger partial charge on any atom is 0.248 e. The van der Waals surface area contributed by atoms with Crippen molar-refractivity contribution in [3.05, 3.63) is 35.9 Å². The van der Waals surface area contributed by atoms with Crippen LogP contribution in [-0.4, -0.2) is 51.1 Å². The second kappa shape index (κ2) is 7.40. The molecule has 10 nitrogen and oxygen atoms in total. The maximum atomic E-state index is 13.0. The van der Waals surface area contributed by atoms with Gasteiger partial charge in [-0.3, -0.25) is 4.98 Å². The first-order valence-electron chi connectivity index (χ1n) is 8.97. The Morgan fingerprint density at radius 3 is 2.79 bits per heavy atom. The number of aryl methyl sites for hydroxylation is 2. The van der Waals surface area contributed by atoms with E-state index < -0.39 is 10.0 Å². The maximum absolute atomic E-state index is 13.0. The topological polar surface area (TPSA) is 128 Å². The first kappa shape index (κ1) is 18.7. The second-order valence-electron chi connectivity index (χ2n) is 6.83. The lowest BCUT2D eigenvalue weighted by atomic mass is 9.96. The Labute approximate surface area is 162 Å². The number of sulfonamides is 1. The quantitative estimate of drug-likeness (QED) is 0.625. The number of hydrogen-bond donors (Lipinski definition) is 0. The van der Waals surface area contributed by atoms with Crippen LogP contribution >= 0.6 is 0 Å². The third-order valence-corrected chi connectivity index (χ3v) is 6.88. The molecule has 0 radical (unpaired) electrons. The van der Waals surface area contributed by atoms with E-state index >= 15 is 0 Å². The summed E-state index contributed by atoms with van der Waals surface area (Å²) in [6.45, 7) is 4.10. The molecule has 0 bridgehead atoms. The van der Waals surface area contributed by atoms with Crippen LogP contribution in [0.15, 0.2) is 32.5 Å². The van der Waals surface area contributed by atoms with Crippen LogP contribution in [-0.2, 0) is 16.4 Å².